The second-order valence-corrected chi connectivity index (χ2v) is 2.73. The van der Waals surface area contributed by atoms with Crippen LogP contribution in [0.25, 0.3) is 0 Å². The second-order valence-electron chi connectivity index (χ2n) is 2.73. The zero-order valence-electron chi connectivity index (χ0n) is 6.89. The molecule has 0 aromatic heterocycles. The van der Waals surface area contributed by atoms with E-state index in [1.54, 1.807) is 0 Å². The molecule has 3 heteroatoms. The Hall–Kier alpha value is -0.455. The maximum Gasteiger partial charge on any atom is 0.399 e. The van der Waals surface area contributed by atoms with Crippen molar-refractivity contribution in [1.29, 1.82) is 0 Å². The Morgan fingerprint density at radius 2 is 1.70 bits per heavy atom. The van der Waals surface area contributed by atoms with E-state index in [9.17, 15) is 0 Å². The van der Waals surface area contributed by atoms with Crippen molar-refractivity contribution in [2.45, 2.75) is 6.92 Å². The van der Waals surface area contributed by atoms with Crippen LogP contribution in [-0.2, 0) is 0 Å². The van der Waals surface area contributed by atoms with Crippen LogP contribution in [0.2, 0.25) is 0 Å². The first-order valence-corrected chi connectivity index (χ1v) is 3.58. The molecule has 1 aliphatic rings. The average Bonchev–Trinajstić information content (AvgIpc) is 2.20. The minimum Gasteiger partial charge on any atom is -0.319 e. The molecule has 1 aliphatic heterocycles. The Morgan fingerprint density at radius 1 is 1.20 bits per heavy atom. The Morgan fingerprint density at radius 3 is 2.10 bits per heavy atom. The lowest BCUT2D eigenvalue weighted by Crippen LogP contribution is -2.38. The molecule has 1 rings (SSSR count). The van der Waals surface area contributed by atoms with Crippen LogP contribution in [0.5, 0.6) is 0 Å². The van der Waals surface area contributed by atoms with Gasteiger partial charge in [0.05, 0.1) is 0 Å². The van der Waals surface area contributed by atoms with Gasteiger partial charge in [-0.25, -0.2) is 0 Å². The molecule has 1 heterocycles. The smallest absolute Gasteiger partial charge is 0.319 e. The van der Waals surface area contributed by atoms with Crippen molar-refractivity contribution < 1.29 is 0 Å². The number of rotatable bonds is 0. The first-order chi connectivity index (χ1) is 4.75. The summed E-state index contributed by atoms with van der Waals surface area (Å²) in [5, 5.41) is 0. The van der Waals surface area contributed by atoms with Crippen molar-refractivity contribution in [3.63, 3.8) is 0 Å². The molecule has 0 aromatic carbocycles. The van der Waals surface area contributed by atoms with E-state index < -0.39 is 0 Å². The molecular formula is C7H13BN2. The van der Waals surface area contributed by atoms with Gasteiger partial charge in [0.15, 0.2) is 0 Å². The molecule has 2 nitrogen and oxygen atoms in total. The molecule has 0 unspecified atom stereocenters. The SMILES string of the molecule is CC#CB1N(C)CCN1C. The van der Waals surface area contributed by atoms with Crippen molar-refractivity contribution in [3.8, 4) is 11.7 Å². The third-order valence-corrected chi connectivity index (χ3v) is 1.91. The Kier molecular flexibility index (Phi) is 2.36. The van der Waals surface area contributed by atoms with Crippen molar-refractivity contribution in [2.75, 3.05) is 27.2 Å². The summed E-state index contributed by atoms with van der Waals surface area (Å²) in [4.78, 5) is 4.52. The highest BCUT2D eigenvalue weighted by Crippen LogP contribution is 2.03. The van der Waals surface area contributed by atoms with Gasteiger partial charge in [0.1, 0.15) is 0 Å². The van der Waals surface area contributed by atoms with Crippen molar-refractivity contribution in [2.24, 2.45) is 0 Å². The molecule has 0 radical (unpaired) electrons. The van der Waals surface area contributed by atoms with Gasteiger partial charge in [-0.05, 0) is 21.0 Å². The third kappa shape index (κ3) is 1.34. The van der Waals surface area contributed by atoms with E-state index in [-0.39, 0.29) is 0 Å². The van der Waals surface area contributed by atoms with Gasteiger partial charge < -0.3 is 9.62 Å². The Labute approximate surface area is 63.3 Å². The predicted octanol–water partition coefficient (Wildman–Crippen LogP) is -0.0857. The Bertz CT molecular complexity index is 160. The lowest BCUT2D eigenvalue weighted by Gasteiger charge is -2.13. The monoisotopic (exact) mass is 136 g/mol. The fourth-order valence-electron chi connectivity index (χ4n) is 1.25. The van der Waals surface area contributed by atoms with Gasteiger partial charge in [0.2, 0.25) is 0 Å². The van der Waals surface area contributed by atoms with Gasteiger partial charge in [-0.2, -0.15) is 0 Å². The summed E-state index contributed by atoms with van der Waals surface area (Å²) in [6, 6.07) is 0. The van der Waals surface area contributed by atoms with Gasteiger partial charge >= 0.3 is 6.98 Å². The van der Waals surface area contributed by atoms with E-state index in [0.29, 0.717) is 6.98 Å². The van der Waals surface area contributed by atoms with Gasteiger partial charge in [0, 0.05) is 13.1 Å². The molecule has 0 bridgehead atoms. The lowest BCUT2D eigenvalue weighted by atomic mass is 9.76. The molecular weight excluding hydrogens is 123 g/mol. The van der Waals surface area contributed by atoms with E-state index in [0.717, 1.165) is 13.1 Å². The van der Waals surface area contributed by atoms with Gasteiger partial charge in [-0.15, -0.1) is 11.7 Å². The van der Waals surface area contributed by atoms with Crippen molar-refractivity contribution in [1.82, 2.24) is 9.62 Å². The molecule has 1 fully saturated rings. The van der Waals surface area contributed by atoms with E-state index in [4.69, 9.17) is 0 Å². The van der Waals surface area contributed by atoms with E-state index >= 15 is 0 Å². The van der Waals surface area contributed by atoms with Gasteiger partial charge in [-0.3, -0.25) is 0 Å². The summed E-state index contributed by atoms with van der Waals surface area (Å²) >= 11 is 0. The van der Waals surface area contributed by atoms with Crippen LogP contribution in [0.1, 0.15) is 6.92 Å². The van der Waals surface area contributed by atoms with E-state index in [2.05, 4.69) is 35.5 Å². The van der Waals surface area contributed by atoms with Crippen LogP contribution >= 0.6 is 0 Å². The topological polar surface area (TPSA) is 6.48 Å². The fraction of sp³-hybridized carbons (Fsp3) is 0.714. The molecule has 10 heavy (non-hydrogen) atoms. The maximum absolute atomic E-state index is 3.15. The molecule has 0 saturated carbocycles. The van der Waals surface area contributed by atoms with Crippen molar-refractivity contribution >= 4 is 6.98 Å². The summed E-state index contributed by atoms with van der Waals surface area (Å²) in [5.74, 6) is 6.08. The van der Waals surface area contributed by atoms with Gasteiger partial charge in [0.25, 0.3) is 0 Å². The maximum atomic E-state index is 3.15. The zero-order valence-corrected chi connectivity index (χ0v) is 6.89. The molecule has 0 aliphatic carbocycles. The van der Waals surface area contributed by atoms with E-state index in [1.165, 1.54) is 0 Å². The van der Waals surface area contributed by atoms with Crippen molar-refractivity contribution in [3.05, 3.63) is 0 Å². The molecule has 0 N–H and O–H groups in total. The van der Waals surface area contributed by atoms with Crippen LogP contribution in [-0.4, -0.2) is 43.8 Å². The van der Waals surface area contributed by atoms with E-state index in [1.807, 2.05) is 6.92 Å². The number of likely N-dealkylation sites (N-methyl/N-ethyl adjacent to an activating group) is 2. The summed E-state index contributed by atoms with van der Waals surface area (Å²) in [5.41, 5.74) is 0. The molecule has 0 atom stereocenters. The predicted molar refractivity (Wildman–Crippen MR) is 44.5 cm³/mol. The van der Waals surface area contributed by atoms with Crippen LogP contribution in [0.4, 0.5) is 0 Å². The minimum atomic E-state index is 0.352. The highest BCUT2D eigenvalue weighted by molar-refractivity contribution is 6.62. The Balaban J connectivity index is 2.59. The zero-order chi connectivity index (χ0) is 7.56. The first-order valence-electron chi connectivity index (χ1n) is 3.58. The third-order valence-electron chi connectivity index (χ3n) is 1.91. The highest BCUT2D eigenvalue weighted by Gasteiger charge is 2.29. The van der Waals surface area contributed by atoms with Crippen LogP contribution in [0.15, 0.2) is 0 Å². The fourth-order valence-corrected chi connectivity index (χ4v) is 1.25. The summed E-state index contributed by atoms with van der Waals surface area (Å²) in [7, 11) is 4.22. The average molecular weight is 136 g/mol. The lowest BCUT2D eigenvalue weighted by molar-refractivity contribution is 0.553. The summed E-state index contributed by atoms with van der Waals surface area (Å²) in [6.07, 6.45) is 0. The second kappa shape index (κ2) is 3.09. The van der Waals surface area contributed by atoms with Crippen LogP contribution in [0, 0.1) is 11.7 Å². The number of hydrogen-bond acceptors (Lipinski definition) is 2. The summed E-state index contributed by atoms with van der Waals surface area (Å²) in [6.45, 7) is 4.51. The number of nitrogens with zero attached hydrogens (tertiary/aromatic N) is 2. The highest BCUT2D eigenvalue weighted by atomic mass is 15.3. The quantitative estimate of drug-likeness (QED) is 0.339. The minimum absolute atomic E-state index is 0.352. The summed E-state index contributed by atoms with van der Waals surface area (Å²) < 4.78 is 0. The first kappa shape index (κ1) is 7.65. The van der Waals surface area contributed by atoms with Crippen LogP contribution in [0.3, 0.4) is 0 Å². The molecule has 54 valence electrons. The molecule has 0 amide bonds. The number of hydrogen-bond donors (Lipinski definition) is 0. The van der Waals surface area contributed by atoms with Gasteiger partial charge in [-0.1, -0.05) is 0 Å². The largest absolute Gasteiger partial charge is 0.399 e. The molecule has 1 saturated heterocycles. The van der Waals surface area contributed by atoms with Crippen LogP contribution < -0.4 is 0 Å². The molecule has 0 aromatic rings. The normalized spacial score (nSPS) is 20.9. The standard InChI is InChI=1S/C7H13BN2/c1-4-5-8-9(2)6-7-10(8)3/h6-7H2,1-3H3. The molecule has 0 spiro atoms.